The Morgan fingerprint density at radius 1 is 1.00 bits per heavy atom. The van der Waals surface area contributed by atoms with E-state index in [9.17, 15) is 26.0 Å². The maximum Gasteiger partial charge on any atom is 0.511 e. The molecule has 0 amide bonds. The van der Waals surface area contributed by atoms with E-state index in [4.69, 9.17) is 9.47 Å². The van der Waals surface area contributed by atoms with Gasteiger partial charge in [-0.05, 0) is 35.4 Å². The SMILES string of the molecule is COc1ccc(/C=C/CN(Cc2ccc(F)cc2)S(=O)(=O)C(F)(F)F)cc1OC. The number of nitrogens with zero attached hydrogens (tertiary/aromatic N) is 1. The van der Waals surface area contributed by atoms with Crippen LogP contribution in [0.15, 0.2) is 48.5 Å². The second-order valence-corrected chi connectivity index (χ2v) is 7.82. The quantitative estimate of drug-likeness (QED) is 0.586. The number of hydrogen-bond acceptors (Lipinski definition) is 4. The summed E-state index contributed by atoms with van der Waals surface area (Å²) in [7, 11) is -2.68. The van der Waals surface area contributed by atoms with Gasteiger partial charge in [-0.1, -0.05) is 30.4 Å². The Kier molecular flexibility index (Phi) is 7.26. The standard InChI is InChI=1S/C19H19F4NO4S/c1-27-17-10-7-14(12-18(17)28-2)4-3-11-24(29(25,26)19(21,22)23)13-15-5-8-16(20)9-6-15/h3-10,12H,11,13H2,1-2H3/b4-3+. The predicted molar refractivity (Wildman–Crippen MR) is 100 cm³/mol. The first-order valence-corrected chi connectivity index (χ1v) is 9.72. The van der Waals surface area contributed by atoms with Crippen LogP contribution in [0, 0.1) is 5.82 Å². The maximum atomic E-state index is 13.0. The van der Waals surface area contributed by atoms with Crippen LogP contribution in [0.25, 0.3) is 6.08 Å². The average molecular weight is 433 g/mol. The fraction of sp³-hybridized carbons (Fsp3) is 0.263. The first kappa shape index (κ1) is 22.7. The Morgan fingerprint density at radius 2 is 1.62 bits per heavy atom. The molecule has 0 N–H and O–H groups in total. The highest BCUT2D eigenvalue weighted by Gasteiger charge is 2.49. The Bertz CT molecular complexity index is 957. The van der Waals surface area contributed by atoms with Gasteiger partial charge >= 0.3 is 15.5 Å². The van der Waals surface area contributed by atoms with E-state index in [0.717, 1.165) is 12.1 Å². The van der Waals surface area contributed by atoms with Crippen LogP contribution in [0.4, 0.5) is 17.6 Å². The van der Waals surface area contributed by atoms with E-state index in [1.165, 1.54) is 38.5 Å². The fourth-order valence-corrected chi connectivity index (χ4v) is 3.34. The lowest BCUT2D eigenvalue weighted by atomic mass is 10.2. The van der Waals surface area contributed by atoms with Crippen LogP contribution in [-0.2, 0) is 16.6 Å². The van der Waals surface area contributed by atoms with E-state index in [0.29, 0.717) is 17.1 Å². The molecular weight excluding hydrogens is 414 g/mol. The summed E-state index contributed by atoms with van der Waals surface area (Å²) in [5, 5.41) is 0. The summed E-state index contributed by atoms with van der Waals surface area (Å²) in [6.45, 7) is -1.09. The van der Waals surface area contributed by atoms with Crippen LogP contribution in [0.5, 0.6) is 11.5 Å². The smallest absolute Gasteiger partial charge is 0.493 e. The number of alkyl halides is 3. The lowest BCUT2D eigenvalue weighted by Crippen LogP contribution is -2.40. The van der Waals surface area contributed by atoms with Crippen molar-refractivity contribution in [1.29, 1.82) is 0 Å². The minimum Gasteiger partial charge on any atom is -0.493 e. The van der Waals surface area contributed by atoms with E-state index < -0.39 is 34.4 Å². The normalized spacial score (nSPS) is 12.5. The van der Waals surface area contributed by atoms with Gasteiger partial charge in [0, 0.05) is 13.1 Å². The fourth-order valence-electron chi connectivity index (χ4n) is 2.45. The van der Waals surface area contributed by atoms with E-state index in [2.05, 4.69) is 0 Å². The molecule has 29 heavy (non-hydrogen) atoms. The average Bonchev–Trinajstić information content (AvgIpc) is 2.67. The third kappa shape index (κ3) is 5.70. The highest BCUT2D eigenvalue weighted by molar-refractivity contribution is 7.89. The van der Waals surface area contributed by atoms with Crippen LogP contribution in [0.3, 0.4) is 0 Å². The number of hydrogen-bond donors (Lipinski definition) is 0. The summed E-state index contributed by atoms with van der Waals surface area (Å²) in [4.78, 5) is 0. The van der Waals surface area contributed by atoms with Gasteiger partial charge < -0.3 is 9.47 Å². The second-order valence-electron chi connectivity index (χ2n) is 5.89. The van der Waals surface area contributed by atoms with Gasteiger partial charge in [0.05, 0.1) is 14.2 Å². The molecule has 0 aliphatic heterocycles. The largest absolute Gasteiger partial charge is 0.511 e. The highest BCUT2D eigenvalue weighted by Crippen LogP contribution is 2.29. The van der Waals surface area contributed by atoms with Gasteiger partial charge in [-0.25, -0.2) is 12.8 Å². The molecule has 0 bridgehead atoms. The molecule has 2 rings (SSSR count). The molecule has 0 radical (unpaired) electrons. The van der Waals surface area contributed by atoms with Crippen molar-refractivity contribution in [2.24, 2.45) is 0 Å². The molecule has 0 aromatic heterocycles. The monoisotopic (exact) mass is 433 g/mol. The van der Waals surface area contributed by atoms with Crippen LogP contribution < -0.4 is 9.47 Å². The summed E-state index contributed by atoms with van der Waals surface area (Å²) < 4.78 is 86.5. The topological polar surface area (TPSA) is 55.8 Å². The molecule has 5 nitrogen and oxygen atoms in total. The summed E-state index contributed by atoms with van der Waals surface area (Å²) in [5.74, 6) is 0.315. The molecule has 0 aliphatic carbocycles. The third-order valence-electron chi connectivity index (χ3n) is 3.93. The maximum absolute atomic E-state index is 13.0. The van der Waals surface area contributed by atoms with E-state index in [-0.39, 0.29) is 9.87 Å². The minimum absolute atomic E-state index is 0.221. The van der Waals surface area contributed by atoms with Gasteiger partial charge in [0.25, 0.3) is 0 Å². The number of benzene rings is 2. The zero-order valence-corrected chi connectivity index (χ0v) is 16.4. The molecule has 0 heterocycles. The number of ether oxygens (including phenoxy) is 2. The molecule has 0 saturated carbocycles. The summed E-state index contributed by atoms with van der Waals surface area (Å²) in [6, 6.07) is 9.40. The Balaban J connectivity index is 2.25. The minimum atomic E-state index is -5.58. The lowest BCUT2D eigenvalue weighted by Gasteiger charge is -2.22. The van der Waals surface area contributed by atoms with Crippen LogP contribution in [0.1, 0.15) is 11.1 Å². The summed E-state index contributed by atoms with van der Waals surface area (Å²) in [5.41, 5.74) is -4.66. The Labute approximate surface area is 166 Å². The third-order valence-corrected chi connectivity index (χ3v) is 5.47. The molecule has 158 valence electrons. The van der Waals surface area contributed by atoms with Crippen molar-refractivity contribution in [2.75, 3.05) is 20.8 Å². The van der Waals surface area contributed by atoms with Crippen LogP contribution in [-0.4, -0.2) is 39.0 Å². The number of sulfonamides is 1. The van der Waals surface area contributed by atoms with Crippen molar-refractivity contribution in [3.63, 3.8) is 0 Å². The molecule has 0 atom stereocenters. The van der Waals surface area contributed by atoms with Crippen molar-refractivity contribution < 1.29 is 35.5 Å². The van der Waals surface area contributed by atoms with Crippen molar-refractivity contribution in [2.45, 2.75) is 12.1 Å². The Morgan fingerprint density at radius 3 is 2.17 bits per heavy atom. The highest BCUT2D eigenvalue weighted by atomic mass is 32.2. The molecule has 0 unspecified atom stereocenters. The zero-order valence-electron chi connectivity index (χ0n) is 15.6. The van der Waals surface area contributed by atoms with Gasteiger partial charge in [0.2, 0.25) is 0 Å². The summed E-state index contributed by atoms with van der Waals surface area (Å²) >= 11 is 0. The van der Waals surface area contributed by atoms with Crippen molar-refractivity contribution >= 4 is 16.1 Å². The van der Waals surface area contributed by atoms with Gasteiger partial charge in [0.15, 0.2) is 11.5 Å². The molecule has 0 fully saturated rings. The molecular formula is C19H19F4NO4S. The molecule has 10 heteroatoms. The Hall–Kier alpha value is -2.59. The zero-order chi connectivity index (χ0) is 21.7. The van der Waals surface area contributed by atoms with Gasteiger partial charge in [-0.2, -0.15) is 17.5 Å². The van der Waals surface area contributed by atoms with Crippen LogP contribution >= 0.6 is 0 Å². The number of rotatable bonds is 8. The predicted octanol–water partition coefficient (Wildman–Crippen LogP) is 4.21. The van der Waals surface area contributed by atoms with Gasteiger partial charge in [0.1, 0.15) is 5.82 Å². The number of halogens is 4. The lowest BCUT2D eigenvalue weighted by molar-refractivity contribution is -0.0488. The van der Waals surface area contributed by atoms with E-state index >= 15 is 0 Å². The van der Waals surface area contributed by atoms with Gasteiger partial charge in [-0.3, -0.25) is 0 Å². The molecule has 2 aromatic carbocycles. The number of methoxy groups -OCH3 is 2. The molecule has 2 aromatic rings. The first-order valence-electron chi connectivity index (χ1n) is 8.28. The van der Waals surface area contributed by atoms with E-state index in [1.807, 2.05) is 0 Å². The molecule has 0 spiro atoms. The van der Waals surface area contributed by atoms with Crippen molar-refractivity contribution in [1.82, 2.24) is 4.31 Å². The molecule has 0 saturated heterocycles. The van der Waals surface area contributed by atoms with E-state index in [1.54, 1.807) is 18.2 Å². The molecule has 0 aliphatic rings. The van der Waals surface area contributed by atoms with Crippen molar-refractivity contribution in [3.05, 3.63) is 65.5 Å². The second kappa shape index (κ2) is 9.27. The summed E-state index contributed by atoms with van der Waals surface area (Å²) in [6.07, 6.45) is 2.75. The van der Waals surface area contributed by atoms with Crippen molar-refractivity contribution in [3.8, 4) is 11.5 Å². The van der Waals surface area contributed by atoms with Crippen LogP contribution in [0.2, 0.25) is 0 Å². The van der Waals surface area contributed by atoms with Gasteiger partial charge in [-0.15, -0.1) is 0 Å². The first-order chi connectivity index (χ1) is 13.6.